The van der Waals surface area contributed by atoms with Crippen LogP contribution in [0.25, 0.3) is 11.0 Å². The van der Waals surface area contributed by atoms with Crippen LogP contribution in [0.2, 0.25) is 0 Å². The molecule has 2 aromatic heterocycles. The lowest BCUT2D eigenvalue weighted by Crippen LogP contribution is -2.35. The fraction of sp³-hybridized carbons (Fsp3) is 0.278. The van der Waals surface area contributed by atoms with Gasteiger partial charge < -0.3 is 14.2 Å². The molecule has 1 aromatic carbocycles. The normalized spacial score (nSPS) is 15.5. The van der Waals surface area contributed by atoms with E-state index in [2.05, 4.69) is 9.88 Å². The van der Waals surface area contributed by atoms with E-state index in [0.717, 1.165) is 42.9 Å². The highest BCUT2D eigenvalue weighted by Gasteiger charge is 2.22. The maximum absolute atomic E-state index is 12.4. The van der Waals surface area contributed by atoms with Gasteiger partial charge in [0.15, 0.2) is 5.76 Å². The van der Waals surface area contributed by atoms with Crippen LogP contribution in [0.1, 0.15) is 17.0 Å². The van der Waals surface area contributed by atoms with Gasteiger partial charge in [-0.3, -0.25) is 9.78 Å². The van der Waals surface area contributed by atoms with Crippen molar-refractivity contribution in [3.05, 3.63) is 54.6 Å². The number of benzene rings is 1. The zero-order valence-corrected chi connectivity index (χ0v) is 13.3. The number of carbonyl (C=O) groups excluding carboxylic acids is 1. The molecule has 122 valence electrons. The molecule has 1 saturated heterocycles. The topological polar surface area (TPSA) is 62.5 Å². The summed E-state index contributed by atoms with van der Waals surface area (Å²) in [5.41, 5.74) is 1.79. The van der Waals surface area contributed by atoms with Crippen molar-refractivity contribution >= 4 is 22.8 Å². The fourth-order valence-electron chi connectivity index (χ4n) is 3.01. The van der Waals surface area contributed by atoms with Crippen LogP contribution >= 0.6 is 0 Å². The molecule has 0 saturated carbocycles. The Hall–Kier alpha value is -2.89. The van der Waals surface area contributed by atoms with E-state index in [0.29, 0.717) is 12.3 Å². The van der Waals surface area contributed by atoms with Crippen LogP contribution in [0.15, 0.2) is 53.3 Å². The SMILES string of the molecule is O=C(c1ccco1)N1CCCN(c2cnc3ccccc3n2)CC1. The molecule has 1 aliphatic heterocycles. The molecule has 0 aliphatic carbocycles. The number of hydrogen-bond acceptors (Lipinski definition) is 5. The molecule has 1 amide bonds. The van der Waals surface area contributed by atoms with Crippen LogP contribution in [0.5, 0.6) is 0 Å². The Morgan fingerprint density at radius 2 is 1.88 bits per heavy atom. The molecule has 6 nitrogen and oxygen atoms in total. The molecule has 0 atom stereocenters. The maximum Gasteiger partial charge on any atom is 0.289 e. The standard InChI is InChI=1S/C18H18N4O2/c23-18(16-7-3-12-24-16)22-9-4-8-21(10-11-22)17-13-19-14-5-1-2-6-15(14)20-17/h1-3,5-7,12-13H,4,8-11H2. The molecule has 24 heavy (non-hydrogen) atoms. The smallest absolute Gasteiger partial charge is 0.289 e. The Labute approximate surface area is 139 Å². The predicted octanol–water partition coefficient (Wildman–Crippen LogP) is 2.58. The van der Waals surface area contributed by atoms with E-state index >= 15 is 0 Å². The van der Waals surface area contributed by atoms with Gasteiger partial charge in [-0.1, -0.05) is 12.1 Å². The van der Waals surface area contributed by atoms with Gasteiger partial charge in [-0.25, -0.2) is 4.98 Å². The van der Waals surface area contributed by atoms with Crippen LogP contribution in [0.4, 0.5) is 5.82 Å². The van der Waals surface area contributed by atoms with Gasteiger partial charge in [0, 0.05) is 26.2 Å². The first-order valence-corrected chi connectivity index (χ1v) is 8.11. The van der Waals surface area contributed by atoms with Crippen molar-refractivity contribution in [1.82, 2.24) is 14.9 Å². The fourth-order valence-corrected chi connectivity index (χ4v) is 3.01. The third-order valence-electron chi connectivity index (χ3n) is 4.27. The van der Waals surface area contributed by atoms with Crippen LogP contribution < -0.4 is 4.90 Å². The quantitative estimate of drug-likeness (QED) is 0.725. The average Bonchev–Trinajstić information content (AvgIpc) is 3.05. The van der Waals surface area contributed by atoms with Crippen molar-refractivity contribution in [2.75, 3.05) is 31.1 Å². The number of amides is 1. The van der Waals surface area contributed by atoms with Crippen LogP contribution in [0, 0.1) is 0 Å². The second kappa shape index (κ2) is 6.31. The highest BCUT2D eigenvalue weighted by Crippen LogP contribution is 2.18. The predicted molar refractivity (Wildman–Crippen MR) is 91.0 cm³/mol. The molecule has 0 radical (unpaired) electrons. The third kappa shape index (κ3) is 2.82. The van der Waals surface area contributed by atoms with E-state index in [1.54, 1.807) is 12.1 Å². The van der Waals surface area contributed by atoms with Crippen molar-refractivity contribution in [3.8, 4) is 0 Å². The van der Waals surface area contributed by atoms with Gasteiger partial charge in [0.25, 0.3) is 5.91 Å². The average molecular weight is 322 g/mol. The van der Waals surface area contributed by atoms with Crippen molar-refractivity contribution in [1.29, 1.82) is 0 Å². The molecule has 1 fully saturated rings. The lowest BCUT2D eigenvalue weighted by Gasteiger charge is -2.22. The molecule has 0 unspecified atom stereocenters. The van der Waals surface area contributed by atoms with E-state index in [1.165, 1.54) is 6.26 Å². The van der Waals surface area contributed by atoms with Crippen molar-refractivity contribution in [3.63, 3.8) is 0 Å². The van der Waals surface area contributed by atoms with Crippen molar-refractivity contribution < 1.29 is 9.21 Å². The Kier molecular flexibility index (Phi) is 3.86. The highest BCUT2D eigenvalue weighted by atomic mass is 16.3. The number of furan rings is 1. The summed E-state index contributed by atoms with van der Waals surface area (Å²) in [6, 6.07) is 11.3. The molecule has 0 bridgehead atoms. The Bertz CT molecular complexity index is 847. The Morgan fingerprint density at radius 1 is 1.00 bits per heavy atom. The summed E-state index contributed by atoms with van der Waals surface area (Å²) in [5.74, 6) is 1.21. The van der Waals surface area contributed by atoms with Gasteiger partial charge in [0.2, 0.25) is 0 Å². The first kappa shape index (κ1) is 14.7. The lowest BCUT2D eigenvalue weighted by atomic mass is 10.3. The number of aromatic nitrogens is 2. The van der Waals surface area contributed by atoms with E-state index in [-0.39, 0.29) is 5.91 Å². The number of fused-ring (bicyclic) bond motifs is 1. The van der Waals surface area contributed by atoms with E-state index in [1.807, 2.05) is 35.4 Å². The van der Waals surface area contributed by atoms with Gasteiger partial charge in [0.05, 0.1) is 23.5 Å². The summed E-state index contributed by atoms with van der Waals surface area (Å²) in [6.07, 6.45) is 4.23. The van der Waals surface area contributed by atoms with Crippen LogP contribution in [-0.2, 0) is 0 Å². The number of rotatable bonds is 2. The second-order valence-electron chi connectivity index (χ2n) is 5.83. The van der Waals surface area contributed by atoms with Crippen LogP contribution in [-0.4, -0.2) is 47.0 Å². The minimum Gasteiger partial charge on any atom is -0.459 e. The van der Waals surface area contributed by atoms with E-state index < -0.39 is 0 Å². The summed E-state index contributed by atoms with van der Waals surface area (Å²) < 4.78 is 5.22. The summed E-state index contributed by atoms with van der Waals surface area (Å²) in [6.45, 7) is 2.96. The minimum absolute atomic E-state index is 0.0496. The highest BCUT2D eigenvalue weighted by molar-refractivity contribution is 5.91. The zero-order chi connectivity index (χ0) is 16.4. The number of hydrogen-bond donors (Lipinski definition) is 0. The van der Waals surface area contributed by atoms with Gasteiger partial charge in [-0.15, -0.1) is 0 Å². The zero-order valence-electron chi connectivity index (χ0n) is 13.3. The summed E-state index contributed by atoms with van der Waals surface area (Å²) >= 11 is 0. The van der Waals surface area contributed by atoms with Gasteiger partial charge in [-0.2, -0.15) is 0 Å². The molecule has 4 rings (SSSR count). The van der Waals surface area contributed by atoms with E-state index in [9.17, 15) is 4.79 Å². The largest absolute Gasteiger partial charge is 0.459 e. The Morgan fingerprint density at radius 3 is 2.71 bits per heavy atom. The first-order chi connectivity index (χ1) is 11.8. The third-order valence-corrected chi connectivity index (χ3v) is 4.27. The minimum atomic E-state index is -0.0496. The first-order valence-electron chi connectivity index (χ1n) is 8.11. The number of anilines is 1. The van der Waals surface area contributed by atoms with Crippen LogP contribution in [0.3, 0.4) is 0 Å². The Balaban J connectivity index is 1.50. The molecular formula is C18H18N4O2. The number of nitrogens with zero attached hydrogens (tertiary/aromatic N) is 4. The molecule has 1 aliphatic rings. The van der Waals surface area contributed by atoms with Gasteiger partial charge in [-0.05, 0) is 30.7 Å². The van der Waals surface area contributed by atoms with Gasteiger partial charge in [0.1, 0.15) is 5.82 Å². The lowest BCUT2D eigenvalue weighted by molar-refractivity contribution is 0.0735. The molecule has 0 N–H and O–H groups in total. The molecule has 0 spiro atoms. The maximum atomic E-state index is 12.4. The molecule has 3 aromatic rings. The summed E-state index contributed by atoms with van der Waals surface area (Å²) in [7, 11) is 0. The molecule has 3 heterocycles. The monoisotopic (exact) mass is 322 g/mol. The second-order valence-corrected chi connectivity index (χ2v) is 5.83. The number of para-hydroxylation sites is 2. The number of carbonyl (C=O) groups is 1. The molecule has 6 heteroatoms. The molecular weight excluding hydrogens is 304 g/mol. The van der Waals surface area contributed by atoms with Gasteiger partial charge >= 0.3 is 0 Å². The summed E-state index contributed by atoms with van der Waals surface area (Å²) in [5, 5.41) is 0. The van der Waals surface area contributed by atoms with Crippen molar-refractivity contribution in [2.24, 2.45) is 0 Å². The van der Waals surface area contributed by atoms with Crippen molar-refractivity contribution in [2.45, 2.75) is 6.42 Å². The van der Waals surface area contributed by atoms with E-state index in [4.69, 9.17) is 9.40 Å². The summed E-state index contributed by atoms with van der Waals surface area (Å²) in [4.78, 5) is 25.6.